The Labute approximate surface area is 303 Å². The standard InChI is InChI=1S/C34H31N7O9S2/c1-16-3-5-17(6-4-16)22-12-11-21(28(45)35-22)29(46)36-25(18-7-9-20(42)10-8-18)30(47)37-26-31(48)41-27(33(49)50)19(14-51-32(26)41)15-52-34-39-38-23(40(34)2)13-24(43)44/h3-12,25-26,32,42H,13-15H2,1-2H3,(H,35,45)(H,36,46)(H,37,47)(H,43,44)(H,49,50)/t25?,26?,32-/m0/s1. The second-order valence-corrected chi connectivity index (χ2v) is 14.0. The van der Waals surface area contributed by atoms with E-state index in [0.29, 0.717) is 16.4 Å². The SMILES string of the molecule is Cc1ccc(-c2ccc(C(=O)NC(C(=O)NC3C(=O)N4C(C(=O)O)=C(CSc5nnc(CC(=O)O)n5C)CS[C@@H]34)c3ccc(O)cc3)c(=O)[nH]2)cc1. The third-order valence-electron chi connectivity index (χ3n) is 8.44. The zero-order valence-corrected chi connectivity index (χ0v) is 29.2. The zero-order chi connectivity index (χ0) is 37.3. The molecule has 0 bridgehead atoms. The molecule has 0 radical (unpaired) electrons. The summed E-state index contributed by atoms with van der Waals surface area (Å²) in [6, 6.07) is 13.2. The summed E-state index contributed by atoms with van der Waals surface area (Å²) in [5.41, 5.74) is 1.75. The number of aromatic amines is 1. The van der Waals surface area contributed by atoms with Gasteiger partial charge in [-0.05, 0) is 47.9 Å². The molecule has 3 amide bonds. The van der Waals surface area contributed by atoms with E-state index in [-0.39, 0.29) is 46.3 Å². The highest BCUT2D eigenvalue weighted by molar-refractivity contribution is 8.01. The minimum Gasteiger partial charge on any atom is -0.508 e. The van der Waals surface area contributed by atoms with E-state index in [4.69, 9.17) is 5.11 Å². The maximum atomic E-state index is 13.8. The van der Waals surface area contributed by atoms with Crippen molar-refractivity contribution in [3.63, 3.8) is 0 Å². The van der Waals surface area contributed by atoms with Crippen LogP contribution in [0, 0.1) is 6.92 Å². The summed E-state index contributed by atoms with van der Waals surface area (Å²) in [6.45, 7) is 1.93. The Kier molecular flexibility index (Phi) is 10.2. The Balaban J connectivity index is 1.18. The molecule has 52 heavy (non-hydrogen) atoms. The van der Waals surface area contributed by atoms with Gasteiger partial charge in [0.1, 0.15) is 46.7 Å². The van der Waals surface area contributed by atoms with Crippen LogP contribution < -0.4 is 16.2 Å². The number of hydrogen-bond donors (Lipinski definition) is 6. The van der Waals surface area contributed by atoms with Crippen LogP contribution in [0.3, 0.4) is 0 Å². The van der Waals surface area contributed by atoms with Gasteiger partial charge in [0.15, 0.2) is 5.16 Å². The quantitative estimate of drug-likeness (QED) is 0.0898. The lowest BCUT2D eigenvalue weighted by Gasteiger charge is -2.49. The molecule has 18 heteroatoms. The molecule has 268 valence electrons. The van der Waals surface area contributed by atoms with E-state index in [9.17, 15) is 39.0 Å². The summed E-state index contributed by atoms with van der Waals surface area (Å²) in [5, 5.41) is 41.7. The summed E-state index contributed by atoms with van der Waals surface area (Å²) in [7, 11) is 1.60. The van der Waals surface area contributed by atoms with Crippen molar-refractivity contribution in [3.05, 3.63) is 105 Å². The first kappa shape index (κ1) is 35.9. The fourth-order valence-corrected chi connectivity index (χ4v) is 8.09. The molecule has 6 N–H and O–H groups in total. The number of β-lactam (4-membered cyclic amide) rings is 1. The number of carboxylic acid groups (broad SMARTS) is 2. The number of amides is 3. The highest BCUT2D eigenvalue weighted by Crippen LogP contribution is 2.41. The van der Waals surface area contributed by atoms with Crippen molar-refractivity contribution in [3.8, 4) is 17.0 Å². The number of carbonyl (C=O) groups is 5. The highest BCUT2D eigenvalue weighted by Gasteiger charge is 2.54. The first-order valence-corrected chi connectivity index (χ1v) is 17.7. The minimum absolute atomic E-state index is 0.0948. The monoisotopic (exact) mass is 745 g/mol. The molecule has 0 spiro atoms. The Morgan fingerprint density at radius 3 is 2.38 bits per heavy atom. The second kappa shape index (κ2) is 14.8. The molecule has 2 aromatic heterocycles. The van der Waals surface area contributed by atoms with Crippen LogP contribution in [0.25, 0.3) is 11.3 Å². The first-order valence-electron chi connectivity index (χ1n) is 15.7. The molecule has 6 rings (SSSR count). The largest absolute Gasteiger partial charge is 0.508 e. The van der Waals surface area contributed by atoms with Gasteiger partial charge in [0.25, 0.3) is 17.4 Å². The minimum atomic E-state index is -1.40. The number of aromatic nitrogens is 4. The van der Waals surface area contributed by atoms with Crippen LogP contribution in [-0.4, -0.2) is 92.5 Å². The first-order chi connectivity index (χ1) is 24.8. The summed E-state index contributed by atoms with van der Waals surface area (Å²) in [6.07, 6.45) is -0.336. The van der Waals surface area contributed by atoms with Gasteiger partial charge >= 0.3 is 11.9 Å². The molecule has 0 saturated carbocycles. The Morgan fingerprint density at radius 1 is 1.02 bits per heavy atom. The predicted octanol–water partition coefficient (Wildman–Crippen LogP) is 1.81. The Bertz CT molecular complexity index is 2180. The summed E-state index contributed by atoms with van der Waals surface area (Å²) in [4.78, 5) is 80.9. The van der Waals surface area contributed by atoms with Crippen molar-refractivity contribution in [1.82, 2.24) is 35.3 Å². The van der Waals surface area contributed by atoms with E-state index in [1.54, 1.807) is 13.1 Å². The zero-order valence-electron chi connectivity index (χ0n) is 27.5. The third kappa shape index (κ3) is 7.28. The third-order valence-corrected chi connectivity index (χ3v) is 10.9. The molecule has 1 fully saturated rings. The van der Waals surface area contributed by atoms with E-state index >= 15 is 0 Å². The normalized spacial score (nSPS) is 17.2. The Hall–Kier alpha value is -5.88. The number of pyridine rings is 1. The average Bonchev–Trinajstić information content (AvgIpc) is 3.45. The van der Waals surface area contributed by atoms with Crippen LogP contribution in [0.2, 0.25) is 0 Å². The van der Waals surface area contributed by atoms with Crippen LogP contribution in [0.5, 0.6) is 5.75 Å². The van der Waals surface area contributed by atoms with Gasteiger partial charge in [0.05, 0.1) is 0 Å². The van der Waals surface area contributed by atoms with Crippen LogP contribution in [0.1, 0.15) is 33.4 Å². The number of H-pyrrole nitrogens is 1. The van der Waals surface area contributed by atoms with Gasteiger partial charge in [0, 0.05) is 24.2 Å². The number of phenolic OH excluding ortho intramolecular Hbond substituents is 1. The lowest BCUT2D eigenvalue weighted by atomic mass is 10.0. The second-order valence-electron chi connectivity index (χ2n) is 11.9. The van der Waals surface area contributed by atoms with Crippen LogP contribution in [0.15, 0.2) is 81.9 Å². The van der Waals surface area contributed by atoms with E-state index in [1.807, 2.05) is 31.2 Å². The number of nitrogens with zero attached hydrogens (tertiary/aromatic N) is 4. The van der Waals surface area contributed by atoms with Crippen molar-refractivity contribution >= 4 is 53.2 Å². The Morgan fingerprint density at radius 2 is 1.73 bits per heavy atom. The number of aliphatic carboxylic acids is 2. The van der Waals surface area contributed by atoms with E-state index in [2.05, 4.69) is 25.8 Å². The van der Waals surface area contributed by atoms with E-state index in [0.717, 1.165) is 27.8 Å². The molecule has 3 atom stereocenters. The van der Waals surface area contributed by atoms with Gasteiger partial charge in [-0.2, -0.15) is 0 Å². The lowest BCUT2D eigenvalue weighted by Crippen LogP contribution is -2.71. The summed E-state index contributed by atoms with van der Waals surface area (Å²) in [5.74, 6) is -4.29. The van der Waals surface area contributed by atoms with Gasteiger partial charge < -0.3 is 35.5 Å². The molecule has 4 heterocycles. The highest BCUT2D eigenvalue weighted by atomic mass is 32.2. The van der Waals surface area contributed by atoms with Crippen molar-refractivity contribution in [2.45, 2.75) is 36.0 Å². The van der Waals surface area contributed by atoms with Crippen LogP contribution in [0.4, 0.5) is 0 Å². The average molecular weight is 746 g/mol. The number of phenols is 1. The molecular weight excluding hydrogens is 715 g/mol. The van der Waals surface area contributed by atoms with Crippen molar-refractivity contribution in [1.29, 1.82) is 0 Å². The van der Waals surface area contributed by atoms with E-state index in [1.165, 1.54) is 46.7 Å². The molecule has 2 aromatic carbocycles. The molecule has 1 saturated heterocycles. The van der Waals surface area contributed by atoms with Crippen molar-refractivity contribution in [2.75, 3.05) is 11.5 Å². The molecule has 2 aliphatic rings. The number of carbonyl (C=O) groups excluding carboxylic acids is 3. The van der Waals surface area contributed by atoms with Gasteiger partial charge in [-0.15, -0.1) is 22.0 Å². The topological polar surface area (TPSA) is 237 Å². The number of carboxylic acids is 2. The van der Waals surface area contributed by atoms with Gasteiger partial charge in [-0.1, -0.05) is 53.7 Å². The van der Waals surface area contributed by atoms with Gasteiger partial charge in [-0.25, -0.2) is 4.79 Å². The predicted molar refractivity (Wildman–Crippen MR) is 188 cm³/mol. The summed E-state index contributed by atoms with van der Waals surface area (Å²) < 4.78 is 1.50. The van der Waals surface area contributed by atoms with Crippen LogP contribution in [-0.2, 0) is 32.6 Å². The number of fused-ring (bicyclic) bond motifs is 1. The molecule has 2 unspecified atom stereocenters. The maximum absolute atomic E-state index is 13.8. The molecule has 0 aliphatic carbocycles. The summed E-state index contributed by atoms with van der Waals surface area (Å²) >= 11 is 2.38. The smallest absolute Gasteiger partial charge is 0.352 e. The van der Waals surface area contributed by atoms with Crippen LogP contribution >= 0.6 is 23.5 Å². The van der Waals surface area contributed by atoms with E-state index < -0.39 is 52.7 Å². The van der Waals surface area contributed by atoms with Gasteiger partial charge in [0.2, 0.25) is 5.91 Å². The number of aryl methyl sites for hydroxylation is 1. The number of benzene rings is 2. The lowest BCUT2D eigenvalue weighted by molar-refractivity contribution is -0.151. The molecule has 2 aliphatic heterocycles. The van der Waals surface area contributed by atoms with Crippen molar-refractivity contribution in [2.24, 2.45) is 7.05 Å². The van der Waals surface area contributed by atoms with Gasteiger partial charge in [-0.3, -0.25) is 28.9 Å². The fourth-order valence-electron chi connectivity index (χ4n) is 5.67. The molecular formula is C34H31N7O9S2. The molecule has 16 nitrogen and oxygen atoms in total. The molecule has 4 aromatic rings. The fraction of sp³-hybridized carbons (Fsp3) is 0.235. The number of thioether (sulfide) groups is 2. The van der Waals surface area contributed by atoms with Crippen molar-refractivity contribution < 1.29 is 39.3 Å². The number of rotatable bonds is 12. The number of nitrogens with one attached hydrogen (secondary N) is 3. The number of aromatic hydroxyl groups is 1. The maximum Gasteiger partial charge on any atom is 0.352 e. The number of hydrogen-bond acceptors (Lipinski definition) is 11.